The van der Waals surface area contributed by atoms with Crippen molar-refractivity contribution in [2.45, 2.75) is 50.6 Å². The molecule has 0 atom stereocenters. The van der Waals surface area contributed by atoms with Crippen LogP contribution in [-0.2, 0) is 16.6 Å². The molecule has 0 unspecified atom stereocenters. The summed E-state index contributed by atoms with van der Waals surface area (Å²) in [6.07, 6.45) is 4.26. The number of nitrogens with two attached hydrogens (primary N) is 1. The molecule has 0 aromatic carbocycles. The van der Waals surface area contributed by atoms with Gasteiger partial charge in [-0.15, -0.1) is 6.58 Å². The summed E-state index contributed by atoms with van der Waals surface area (Å²) >= 11 is 0. The maximum absolute atomic E-state index is 12.9. The van der Waals surface area contributed by atoms with Crippen LogP contribution in [0.25, 0.3) is 0 Å². The van der Waals surface area contributed by atoms with E-state index < -0.39 is 10.0 Å². The number of aromatic nitrogens is 2. The third-order valence-electron chi connectivity index (χ3n) is 3.72. The summed E-state index contributed by atoms with van der Waals surface area (Å²) in [6.45, 7) is 8.77. The molecule has 0 spiro atoms. The molecule has 21 heavy (non-hydrogen) atoms. The van der Waals surface area contributed by atoms with Crippen molar-refractivity contribution in [2.75, 3.05) is 13.1 Å². The Morgan fingerprint density at radius 1 is 1.48 bits per heavy atom. The van der Waals surface area contributed by atoms with Crippen molar-refractivity contribution < 1.29 is 8.42 Å². The Labute approximate surface area is 126 Å². The molecule has 1 saturated carbocycles. The van der Waals surface area contributed by atoms with Crippen molar-refractivity contribution in [2.24, 2.45) is 5.73 Å². The minimum absolute atomic E-state index is 0.110. The lowest BCUT2D eigenvalue weighted by Gasteiger charge is -2.20. The summed E-state index contributed by atoms with van der Waals surface area (Å²) in [5.41, 5.74) is 6.76. The van der Waals surface area contributed by atoms with Gasteiger partial charge in [0.25, 0.3) is 0 Å². The maximum Gasteiger partial charge on any atom is 0.247 e. The highest BCUT2D eigenvalue weighted by Gasteiger charge is 2.39. The topological polar surface area (TPSA) is 81.2 Å². The molecule has 1 aromatic heterocycles. The zero-order valence-electron chi connectivity index (χ0n) is 12.7. The number of aryl methyl sites for hydroxylation is 2. The van der Waals surface area contributed by atoms with E-state index in [0.29, 0.717) is 35.9 Å². The van der Waals surface area contributed by atoms with Crippen LogP contribution < -0.4 is 5.73 Å². The molecule has 1 heterocycles. The van der Waals surface area contributed by atoms with Crippen LogP contribution in [-0.4, -0.2) is 41.6 Å². The molecule has 1 aliphatic carbocycles. The Morgan fingerprint density at radius 2 is 2.14 bits per heavy atom. The zero-order valence-corrected chi connectivity index (χ0v) is 13.6. The summed E-state index contributed by atoms with van der Waals surface area (Å²) in [5, 5.41) is 4.37. The van der Waals surface area contributed by atoms with Crippen LogP contribution >= 0.6 is 0 Å². The summed E-state index contributed by atoms with van der Waals surface area (Å²) in [4.78, 5) is 0.341. The number of nitrogens with zero attached hydrogens (tertiary/aromatic N) is 3. The van der Waals surface area contributed by atoms with Crippen molar-refractivity contribution in [1.29, 1.82) is 0 Å². The number of rotatable bonds is 8. The lowest BCUT2D eigenvalue weighted by molar-refractivity contribution is 0.435. The van der Waals surface area contributed by atoms with E-state index in [0.717, 1.165) is 19.3 Å². The van der Waals surface area contributed by atoms with Gasteiger partial charge in [0.05, 0.1) is 11.4 Å². The van der Waals surface area contributed by atoms with Gasteiger partial charge in [-0.2, -0.15) is 9.40 Å². The van der Waals surface area contributed by atoms with Gasteiger partial charge in [0.2, 0.25) is 10.0 Å². The predicted molar refractivity (Wildman–Crippen MR) is 82.5 cm³/mol. The second-order valence-corrected chi connectivity index (χ2v) is 7.29. The first-order chi connectivity index (χ1) is 9.93. The van der Waals surface area contributed by atoms with Gasteiger partial charge in [-0.3, -0.25) is 4.68 Å². The van der Waals surface area contributed by atoms with Crippen molar-refractivity contribution in [1.82, 2.24) is 14.1 Å². The quantitative estimate of drug-likeness (QED) is 0.731. The Morgan fingerprint density at radius 3 is 2.67 bits per heavy atom. The van der Waals surface area contributed by atoms with Crippen LogP contribution in [0.3, 0.4) is 0 Å². The number of sulfonamides is 1. The highest BCUT2D eigenvalue weighted by atomic mass is 32.2. The second-order valence-electron chi connectivity index (χ2n) is 5.46. The molecule has 1 fully saturated rings. The van der Waals surface area contributed by atoms with Crippen LogP contribution in [0.4, 0.5) is 0 Å². The van der Waals surface area contributed by atoms with E-state index in [4.69, 9.17) is 5.73 Å². The minimum Gasteiger partial charge on any atom is -0.330 e. The monoisotopic (exact) mass is 312 g/mol. The van der Waals surface area contributed by atoms with Gasteiger partial charge in [0.15, 0.2) is 0 Å². The van der Waals surface area contributed by atoms with Gasteiger partial charge in [0.1, 0.15) is 4.90 Å². The fourth-order valence-electron chi connectivity index (χ4n) is 2.56. The standard InChI is InChI=1S/C14H24N4O2S/c1-4-9-18(13-6-7-13)21(19,20)14-11(2)16-17(12(14)3)10-5-8-15/h4,13H,1,5-10,15H2,2-3H3. The average molecular weight is 312 g/mol. The predicted octanol–water partition coefficient (Wildman–Crippen LogP) is 1.19. The Kier molecular flexibility index (Phi) is 4.85. The maximum atomic E-state index is 12.9. The zero-order chi connectivity index (χ0) is 15.6. The van der Waals surface area contributed by atoms with Gasteiger partial charge in [-0.25, -0.2) is 8.42 Å². The molecule has 0 amide bonds. The first kappa shape index (κ1) is 16.2. The fraction of sp³-hybridized carbons (Fsp3) is 0.643. The van der Waals surface area contributed by atoms with Crippen LogP contribution in [0.15, 0.2) is 17.6 Å². The molecular weight excluding hydrogens is 288 g/mol. The van der Waals surface area contributed by atoms with E-state index in [-0.39, 0.29) is 6.04 Å². The summed E-state index contributed by atoms with van der Waals surface area (Å²) in [7, 11) is -3.52. The molecule has 2 rings (SSSR count). The summed E-state index contributed by atoms with van der Waals surface area (Å²) in [5.74, 6) is 0. The van der Waals surface area contributed by atoms with E-state index in [1.807, 2.05) is 6.92 Å². The molecule has 118 valence electrons. The highest BCUT2D eigenvalue weighted by Crippen LogP contribution is 2.33. The smallest absolute Gasteiger partial charge is 0.247 e. The molecule has 0 saturated heterocycles. The van der Waals surface area contributed by atoms with E-state index in [2.05, 4.69) is 11.7 Å². The highest BCUT2D eigenvalue weighted by molar-refractivity contribution is 7.89. The molecule has 0 bridgehead atoms. The van der Waals surface area contributed by atoms with Gasteiger partial charge >= 0.3 is 0 Å². The van der Waals surface area contributed by atoms with Crippen LogP contribution in [0.2, 0.25) is 0 Å². The average Bonchev–Trinajstić information content (AvgIpc) is 3.20. The molecule has 0 aliphatic heterocycles. The SMILES string of the molecule is C=CCN(C1CC1)S(=O)(=O)c1c(C)nn(CCCN)c1C. The van der Waals surface area contributed by atoms with Gasteiger partial charge in [0, 0.05) is 19.1 Å². The third-order valence-corrected chi connectivity index (χ3v) is 5.89. The van der Waals surface area contributed by atoms with Crippen LogP contribution in [0.5, 0.6) is 0 Å². The van der Waals surface area contributed by atoms with E-state index in [9.17, 15) is 8.42 Å². The van der Waals surface area contributed by atoms with Crippen LogP contribution in [0, 0.1) is 13.8 Å². The van der Waals surface area contributed by atoms with E-state index in [1.54, 1.807) is 22.0 Å². The van der Waals surface area contributed by atoms with Gasteiger partial charge in [-0.05, 0) is 39.7 Å². The normalized spacial score (nSPS) is 15.6. The summed E-state index contributed by atoms with van der Waals surface area (Å²) in [6, 6.07) is 0.110. The van der Waals surface area contributed by atoms with Crippen molar-refractivity contribution in [3.8, 4) is 0 Å². The molecule has 1 aromatic rings. The Hall–Kier alpha value is -1.18. The molecule has 7 heteroatoms. The van der Waals surface area contributed by atoms with Crippen LogP contribution in [0.1, 0.15) is 30.7 Å². The molecule has 2 N–H and O–H groups in total. The lowest BCUT2D eigenvalue weighted by Crippen LogP contribution is -2.34. The lowest BCUT2D eigenvalue weighted by atomic mass is 10.4. The first-order valence-corrected chi connectivity index (χ1v) is 8.74. The molecule has 0 radical (unpaired) electrons. The Bertz CT molecular complexity index is 617. The van der Waals surface area contributed by atoms with Crippen molar-refractivity contribution in [3.05, 3.63) is 24.0 Å². The Balaban J connectivity index is 2.39. The van der Waals surface area contributed by atoms with E-state index >= 15 is 0 Å². The minimum atomic E-state index is -3.52. The second kappa shape index (κ2) is 6.29. The van der Waals surface area contributed by atoms with Gasteiger partial charge < -0.3 is 5.73 Å². The number of hydrogen-bond acceptors (Lipinski definition) is 4. The number of hydrogen-bond donors (Lipinski definition) is 1. The molecule has 1 aliphatic rings. The molecule has 6 nitrogen and oxygen atoms in total. The van der Waals surface area contributed by atoms with Crippen molar-refractivity contribution >= 4 is 10.0 Å². The molecular formula is C14H24N4O2S. The van der Waals surface area contributed by atoms with E-state index in [1.165, 1.54) is 0 Å². The van der Waals surface area contributed by atoms with Gasteiger partial charge in [-0.1, -0.05) is 6.08 Å². The van der Waals surface area contributed by atoms with Crippen molar-refractivity contribution in [3.63, 3.8) is 0 Å². The fourth-order valence-corrected chi connectivity index (χ4v) is 4.60. The first-order valence-electron chi connectivity index (χ1n) is 7.30. The summed E-state index contributed by atoms with van der Waals surface area (Å²) < 4.78 is 29.2. The third kappa shape index (κ3) is 3.20. The largest absolute Gasteiger partial charge is 0.330 e.